The molecule has 1 fully saturated rings. The fourth-order valence-corrected chi connectivity index (χ4v) is 4.56. The van der Waals surface area contributed by atoms with Crippen LogP contribution >= 0.6 is 0 Å². The first-order valence-electron chi connectivity index (χ1n) is 8.99. The molecule has 0 spiro atoms. The molecule has 4 rings (SSSR count). The van der Waals surface area contributed by atoms with Gasteiger partial charge in [-0.05, 0) is 30.3 Å². The van der Waals surface area contributed by atoms with E-state index >= 15 is 0 Å². The van der Waals surface area contributed by atoms with Crippen molar-refractivity contribution in [3.05, 3.63) is 72.1 Å². The Balaban J connectivity index is 1.38. The van der Waals surface area contributed by atoms with Crippen LogP contribution < -0.4 is 4.74 Å². The van der Waals surface area contributed by atoms with Gasteiger partial charge >= 0.3 is 6.18 Å². The maximum absolute atomic E-state index is 12.9. The van der Waals surface area contributed by atoms with E-state index in [1.54, 1.807) is 10.9 Å². The van der Waals surface area contributed by atoms with Gasteiger partial charge in [0, 0.05) is 13.1 Å². The normalized spacial score (nSPS) is 15.7. The summed E-state index contributed by atoms with van der Waals surface area (Å²) in [6.07, 6.45) is -2.94. The Morgan fingerprint density at radius 3 is 2.50 bits per heavy atom. The average Bonchev–Trinajstić information content (AvgIpc) is 3.14. The Kier molecular flexibility index (Phi) is 5.24. The standard InChI is InChI=1S/C19H17F3N4O3S/c20-19(21,22)14-5-4-8-18(9-14)30(27,28)25-11-16(12-25)26-10-15(23-24-26)13-29-17-6-2-1-3-7-17/h1-10,16H,11-13H2. The minimum absolute atomic E-state index is 0.0981. The average molecular weight is 438 g/mol. The van der Waals surface area contributed by atoms with Gasteiger partial charge < -0.3 is 4.74 Å². The molecule has 1 aliphatic rings. The zero-order valence-electron chi connectivity index (χ0n) is 15.5. The number of alkyl halides is 3. The first kappa shape index (κ1) is 20.4. The highest BCUT2D eigenvalue weighted by atomic mass is 32.2. The predicted octanol–water partition coefficient (Wildman–Crippen LogP) is 3.12. The van der Waals surface area contributed by atoms with Crippen molar-refractivity contribution in [3.8, 4) is 5.75 Å². The molecule has 1 aliphatic heterocycles. The van der Waals surface area contributed by atoms with Gasteiger partial charge in [0.25, 0.3) is 0 Å². The number of hydrogen-bond donors (Lipinski definition) is 0. The van der Waals surface area contributed by atoms with Gasteiger partial charge in [0.05, 0.1) is 22.7 Å². The highest BCUT2D eigenvalue weighted by molar-refractivity contribution is 7.89. The maximum atomic E-state index is 12.9. The van der Waals surface area contributed by atoms with Crippen molar-refractivity contribution in [1.82, 2.24) is 19.3 Å². The van der Waals surface area contributed by atoms with Crippen molar-refractivity contribution >= 4 is 10.0 Å². The van der Waals surface area contributed by atoms with E-state index in [9.17, 15) is 21.6 Å². The Morgan fingerprint density at radius 1 is 1.07 bits per heavy atom. The van der Waals surface area contributed by atoms with E-state index in [-0.39, 0.29) is 30.6 Å². The van der Waals surface area contributed by atoms with Gasteiger partial charge in [-0.1, -0.05) is 29.5 Å². The summed E-state index contributed by atoms with van der Waals surface area (Å²) in [6.45, 7) is 0.408. The van der Waals surface area contributed by atoms with Crippen LogP contribution in [0.15, 0.2) is 65.7 Å². The van der Waals surface area contributed by atoms with Crippen LogP contribution in [0.25, 0.3) is 0 Å². The van der Waals surface area contributed by atoms with Crippen LogP contribution in [-0.4, -0.2) is 40.8 Å². The van der Waals surface area contributed by atoms with Crippen LogP contribution in [0.3, 0.4) is 0 Å². The lowest BCUT2D eigenvalue weighted by atomic mass is 10.2. The molecule has 0 aliphatic carbocycles. The van der Waals surface area contributed by atoms with Crippen LogP contribution in [-0.2, 0) is 22.8 Å². The SMILES string of the molecule is O=S(=O)(c1cccc(C(F)(F)F)c1)N1CC(n2cc(COc3ccccc3)nn2)C1. The molecular formula is C19H17F3N4O3S. The number of aromatic nitrogens is 3. The van der Waals surface area contributed by atoms with Crippen molar-refractivity contribution in [3.63, 3.8) is 0 Å². The fraction of sp³-hybridized carbons (Fsp3) is 0.263. The molecule has 30 heavy (non-hydrogen) atoms. The number of hydrogen-bond acceptors (Lipinski definition) is 5. The van der Waals surface area contributed by atoms with Crippen molar-refractivity contribution < 1.29 is 26.3 Å². The Bertz CT molecular complexity index is 1130. The minimum Gasteiger partial charge on any atom is -0.487 e. The number of sulfonamides is 1. The van der Waals surface area contributed by atoms with Crippen LogP contribution in [0.2, 0.25) is 0 Å². The molecule has 0 unspecified atom stereocenters. The molecule has 11 heteroatoms. The lowest BCUT2D eigenvalue weighted by molar-refractivity contribution is -0.137. The summed E-state index contributed by atoms with van der Waals surface area (Å²) in [7, 11) is -4.02. The lowest BCUT2D eigenvalue weighted by Crippen LogP contribution is -2.50. The third kappa shape index (κ3) is 4.17. The second-order valence-corrected chi connectivity index (χ2v) is 8.73. The Morgan fingerprint density at radius 2 is 1.80 bits per heavy atom. The predicted molar refractivity (Wildman–Crippen MR) is 100 cm³/mol. The van der Waals surface area contributed by atoms with Crippen molar-refractivity contribution in [2.75, 3.05) is 13.1 Å². The topological polar surface area (TPSA) is 77.3 Å². The number of rotatable bonds is 6. The molecule has 0 saturated carbocycles. The molecule has 0 atom stereocenters. The summed E-state index contributed by atoms with van der Waals surface area (Å²) in [5.41, 5.74) is -0.418. The summed E-state index contributed by atoms with van der Waals surface area (Å²) in [5, 5.41) is 8.02. The molecule has 0 amide bonds. The van der Waals surface area contributed by atoms with Crippen molar-refractivity contribution in [2.24, 2.45) is 0 Å². The molecule has 3 aromatic rings. The molecule has 7 nitrogen and oxygen atoms in total. The van der Waals surface area contributed by atoms with E-state index in [0.29, 0.717) is 17.5 Å². The highest BCUT2D eigenvalue weighted by Gasteiger charge is 2.39. The molecule has 1 saturated heterocycles. The van der Waals surface area contributed by atoms with E-state index < -0.39 is 21.8 Å². The van der Waals surface area contributed by atoms with Gasteiger partial charge in [-0.3, -0.25) is 0 Å². The minimum atomic E-state index is -4.61. The van der Waals surface area contributed by atoms with Gasteiger partial charge in [-0.15, -0.1) is 5.10 Å². The van der Waals surface area contributed by atoms with Gasteiger partial charge in [0.15, 0.2) is 0 Å². The smallest absolute Gasteiger partial charge is 0.416 e. The maximum Gasteiger partial charge on any atom is 0.416 e. The molecule has 0 radical (unpaired) electrons. The summed E-state index contributed by atoms with van der Waals surface area (Å²) in [6, 6.07) is 12.7. The van der Waals surface area contributed by atoms with E-state index in [4.69, 9.17) is 4.74 Å². The van der Waals surface area contributed by atoms with Crippen molar-refractivity contribution in [2.45, 2.75) is 23.7 Å². The third-order valence-corrected chi connectivity index (χ3v) is 6.52. The van der Waals surface area contributed by atoms with Crippen LogP contribution in [0, 0.1) is 0 Å². The third-order valence-electron chi connectivity index (χ3n) is 4.69. The van der Waals surface area contributed by atoms with Crippen LogP contribution in [0.5, 0.6) is 5.75 Å². The second kappa shape index (κ2) is 7.73. The molecule has 0 bridgehead atoms. The number of halogens is 3. The van der Waals surface area contributed by atoms with Gasteiger partial charge in [0.2, 0.25) is 10.0 Å². The second-order valence-electron chi connectivity index (χ2n) is 6.79. The molecule has 2 aromatic carbocycles. The number of benzene rings is 2. The van der Waals surface area contributed by atoms with Gasteiger partial charge in [-0.2, -0.15) is 17.5 Å². The van der Waals surface area contributed by atoms with Crippen molar-refractivity contribution in [1.29, 1.82) is 0 Å². The number of ether oxygens (including phenoxy) is 1. The first-order chi connectivity index (χ1) is 14.2. The van der Waals surface area contributed by atoms with Gasteiger partial charge in [-0.25, -0.2) is 13.1 Å². The first-order valence-corrected chi connectivity index (χ1v) is 10.4. The quantitative estimate of drug-likeness (QED) is 0.591. The molecular weight excluding hydrogens is 421 g/mol. The monoisotopic (exact) mass is 438 g/mol. The van der Waals surface area contributed by atoms with E-state index in [1.807, 2.05) is 30.3 Å². The van der Waals surface area contributed by atoms with E-state index in [0.717, 1.165) is 22.5 Å². The lowest BCUT2D eigenvalue weighted by Gasteiger charge is -2.37. The number of nitrogens with zero attached hydrogens (tertiary/aromatic N) is 4. The highest BCUT2D eigenvalue weighted by Crippen LogP contribution is 2.33. The van der Waals surface area contributed by atoms with E-state index in [1.165, 1.54) is 0 Å². The molecule has 1 aromatic heterocycles. The largest absolute Gasteiger partial charge is 0.487 e. The van der Waals surface area contributed by atoms with Crippen LogP contribution in [0.1, 0.15) is 17.3 Å². The number of para-hydroxylation sites is 1. The fourth-order valence-electron chi connectivity index (χ4n) is 2.99. The van der Waals surface area contributed by atoms with Gasteiger partial charge in [0.1, 0.15) is 18.1 Å². The molecule has 158 valence electrons. The zero-order chi connectivity index (χ0) is 21.4. The Hall–Kier alpha value is -2.92. The summed E-state index contributed by atoms with van der Waals surface area (Å²) < 4.78 is 72.1. The summed E-state index contributed by atoms with van der Waals surface area (Å²) in [5.74, 6) is 0.689. The summed E-state index contributed by atoms with van der Waals surface area (Å²) >= 11 is 0. The Labute approximate surface area is 170 Å². The molecule has 0 N–H and O–H groups in total. The van der Waals surface area contributed by atoms with Crippen LogP contribution in [0.4, 0.5) is 13.2 Å². The van der Waals surface area contributed by atoms with E-state index in [2.05, 4.69) is 10.3 Å². The molecule has 2 heterocycles. The zero-order valence-corrected chi connectivity index (χ0v) is 16.3. The summed E-state index contributed by atoms with van der Waals surface area (Å²) in [4.78, 5) is -0.383.